The lowest BCUT2D eigenvalue weighted by Gasteiger charge is -2.41. The molecule has 1 rings (SSSR count). The third-order valence-electron chi connectivity index (χ3n) is 4.17. The third-order valence-corrected chi connectivity index (χ3v) is 4.17. The van der Waals surface area contributed by atoms with Gasteiger partial charge in [-0.1, -0.05) is 34.1 Å². The van der Waals surface area contributed by atoms with Crippen molar-refractivity contribution < 1.29 is 9.84 Å². The number of aliphatic hydroxyl groups excluding tert-OH is 1. The Bertz CT molecular complexity index is 286. The molecule has 2 N–H and O–H groups in total. The van der Waals surface area contributed by atoms with E-state index in [1.807, 2.05) is 0 Å². The smallest absolute Gasteiger partial charge is 0.0936 e. The Morgan fingerprint density at radius 3 is 2.67 bits per heavy atom. The van der Waals surface area contributed by atoms with E-state index in [4.69, 9.17) is 4.74 Å². The molecule has 0 aromatic heterocycles. The molecule has 0 bridgehead atoms. The first-order chi connectivity index (χ1) is 9.88. The van der Waals surface area contributed by atoms with E-state index in [1.165, 1.54) is 12.8 Å². The minimum absolute atomic E-state index is 0.0248. The summed E-state index contributed by atoms with van der Waals surface area (Å²) in [5.74, 6) is 0.693. The molecule has 0 spiro atoms. The van der Waals surface area contributed by atoms with Crippen LogP contribution in [0.4, 0.5) is 0 Å². The summed E-state index contributed by atoms with van der Waals surface area (Å²) in [7, 11) is 0. The molecular weight excluding hydrogens is 264 g/mol. The molecule has 0 aromatic rings. The zero-order valence-electron chi connectivity index (χ0n) is 14.7. The van der Waals surface area contributed by atoms with E-state index in [2.05, 4.69) is 44.8 Å². The van der Waals surface area contributed by atoms with Gasteiger partial charge >= 0.3 is 0 Å². The van der Waals surface area contributed by atoms with Crippen LogP contribution in [0.25, 0.3) is 0 Å². The Balaban J connectivity index is 2.54. The number of morpholine rings is 1. The molecule has 1 saturated heterocycles. The van der Waals surface area contributed by atoms with E-state index >= 15 is 0 Å². The maximum atomic E-state index is 9.37. The highest BCUT2D eigenvalue weighted by molar-refractivity contribution is 4.84. The van der Waals surface area contributed by atoms with Crippen LogP contribution < -0.4 is 5.32 Å². The first kappa shape index (κ1) is 18.9. The number of nitrogens with one attached hydrogen (secondary N) is 1. The fraction of sp³-hybridized carbons (Fsp3) is 1.00. The van der Waals surface area contributed by atoms with Crippen LogP contribution in [0.15, 0.2) is 0 Å². The van der Waals surface area contributed by atoms with E-state index in [1.54, 1.807) is 0 Å². The van der Waals surface area contributed by atoms with Crippen molar-refractivity contribution in [2.45, 2.75) is 59.7 Å². The highest BCUT2D eigenvalue weighted by atomic mass is 16.5. The van der Waals surface area contributed by atoms with Gasteiger partial charge < -0.3 is 15.2 Å². The number of aliphatic hydroxyl groups is 1. The van der Waals surface area contributed by atoms with Crippen LogP contribution in [0.2, 0.25) is 0 Å². The van der Waals surface area contributed by atoms with Crippen LogP contribution in [-0.2, 0) is 4.74 Å². The molecule has 1 fully saturated rings. The number of nitrogens with zero attached hydrogens (tertiary/aromatic N) is 1. The van der Waals surface area contributed by atoms with Crippen LogP contribution in [0.5, 0.6) is 0 Å². The van der Waals surface area contributed by atoms with Crippen LogP contribution in [-0.4, -0.2) is 61.5 Å². The van der Waals surface area contributed by atoms with Gasteiger partial charge in [-0.05, 0) is 31.2 Å². The maximum absolute atomic E-state index is 9.37. The van der Waals surface area contributed by atoms with Crippen molar-refractivity contribution in [3.63, 3.8) is 0 Å². The van der Waals surface area contributed by atoms with E-state index in [9.17, 15) is 5.11 Å². The fourth-order valence-electron chi connectivity index (χ4n) is 3.40. The molecule has 0 amide bonds. The first-order valence-corrected chi connectivity index (χ1v) is 8.58. The summed E-state index contributed by atoms with van der Waals surface area (Å²) >= 11 is 0. The van der Waals surface area contributed by atoms with Gasteiger partial charge in [-0.3, -0.25) is 4.90 Å². The van der Waals surface area contributed by atoms with E-state index < -0.39 is 0 Å². The zero-order chi connectivity index (χ0) is 15.9. The average molecular weight is 300 g/mol. The summed E-state index contributed by atoms with van der Waals surface area (Å²) in [4.78, 5) is 2.47. The van der Waals surface area contributed by atoms with Gasteiger partial charge in [-0.15, -0.1) is 0 Å². The van der Waals surface area contributed by atoms with Crippen molar-refractivity contribution in [2.75, 3.05) is 39.3 Å². The van der Waals surface area contributed by atoms with Gasteiger partial charge in [0.15, 0.2) is 0 Å². The number of ether oxygens (including phenoxy) is 1. The Morgan fingerprint density at radius 1 is 1.38 bits per heavy atom. The van der Waals surface area contributed by atoms with Crippen LogP contribution in [0.3, 0.4) is 0 Å². The standard InChI is InChI=1S/C17H36N2O2/c1-6-7-17(5,12-18-8-14(2)3)13-19-9-15(4)21-16(10-19)11-20/h14-16,18,20H,6-13H2,1-5H3. The molecule has 3 atom stereocenters. The van der Waals surface area contributed by atoms with Crippen molar-refractivity contribution >= 4 is 0 Å². The van der Waals surface area contributed by atoms with Crippen LogP contribution in [0, 0.1) is 11.3 Å². The highest BCUT2D eigenvalue weighted by Crippen LogP contribution is 2.26. The molecule has 1 heterocycles. The largest absolute Gasteiger partial charge is 0.394 e. The molecule has 1 aliphatic rings. The van der Waals surface area contributed by atoms with Crippen LogP contribution in [0.1, 0.15) is 47.5 Å². The SMILES string of the molecule is CCCC(C)(CNCC(C)C)CN1CC(C)OC(CO)C1. The monoisotopic (exact) mass is 300 g/mol. The maximum Gasteiger partial charge on any atom is 0.0936 e. The van der Waals surface area contributed by atoms with Crippen molar-refractivity contribution in [1.82, 2.24) is 10.2 Å². The predicted octanol–water partition coefficient (Wildman–Crippen LogP) is 2.12. The van der Waals surface area contributed by atoms with Gasteiger partial charge in [0.1, 0.15) is 0 Å². The minimum Gasteiger partial charge on any atom is -0.394 e. The van der Waals surface area contributed by atoms with E-state index in [-0.39, 0.29) is 18.8 Å². The molecule has 0 aromatic carbocycles. The van der Waals surface area contributed by atoms with Gasteiger partial charge in [0.2, 0.25) is 0 Å². The minimum atomic E-state index is -0.0248. The second-order valence-electron chi connectivity index (χ2n) is 7.53. The van der Waals surface area contributed by atoms with Gasteiger partial charge in [-0.2, -0.15) is 0 Å². The normalized spacial score (nSPS) is 27.0. The van der Waals surface area contributed by atoms with Gasteiger partial charge in [0, 0.05) is 26.2 Å². The molecule has 0 radical (unpaired) electrons. The van der Waals surface area contributed by atoms with Gasteiger partial charge in [0.25, 0.3) is 0 Å². The van der Waals surface area contributed by atoms with Crippen molar-refractivity contribution in [3.05, 3.63) is 0 Å². The van der Waals surface area contributed by atoms with Crippen molar-refractivity contribution in [3.8, 4) is 0 Å². The Kier molecular flexibility index (Phi) is 8.17. The molecule has 126 valence electrons. The quantitative estimate of drug-likeness (QED) is 0.685. The molecule has 4 heteroatoms. The summed E-state index contributed by atoms with van der Waals surface area (Å²) in [5, 5.41) is 13.0. The summed E-state index contributed by atoms with van der Waals surface area (Å²) in [6.07, 6.45) is 2.63. The van der Waals surface area contributed by atoms with Crippen LogP contribution >= 0.6 is 0 Å². The lowest BCUT2D eigenvalue weighted by molar-refractivity contribution is -0.102. The van der Waals surface area contributed by atoms with Gasteiger partial charge in [0.05, 0.1) is 18.8 Å². The van der Waals surface area contributed by atoms with Crippen molar-refractivity contribution in [2.24, 2.45) is 11.3 Å². The Morgan fingerprint density at radius 2 is 2.10 bits per heavy atom. The summed E-state index contributed by atoms with van der Waals surface area (Å²) in [5.41, 5.74) is 0.292. The second-order valence-corrected chi connectivity index (χ2v) is 7.53. The van der Waals surface area contributed by atoms with Crippen molar-refractivity contribution in [1.29, 1.82) is 0 Å². The Hall–Kier alpha value is -0.160. The highest BCUT2D eigenvalue weighted by Gasteiger charge is 2.31. The summed E-state index contributed by atoms with van der Waals surface area (Å²) in [6.45, 7) is 16.4. The summed E-state index contributed by atoms with van der Waals surface area (Å²) < 4.78 is 5.75. The third kappa shape index (κ3) is 7.09. The Labute approximate surface area is 131 Å². The first-order valence-electron chi connectivity index (χ1n) is 8.58. The molecule has 1 aliphatic heterocycles. The topological polar surface area (TPSA) is 44.7 Å². The number of hydrogen-bond acceptors (Lipinski definition) is 4. The molecule has 21 heavy (non-hydrogen) atoms. The average Bonchev–Trinajstić information content (AvgIpc) is 2.37. The fourth-order valence-corrected chi connectivity index (χ4v) is 3.40. The molecular formula is C17H36N2O2. The number of rotatable bonds is 9. The molecule has 0 aliphatic carbocycles. The van der Waals surface area contributed by atoms with E-state index in [0.29, 0.717) is 11.3 Å². The summed E-state index contributed by atoms with van der Waals surface area (Å²) in [6, 6.07) is 0. The predicted molar refractivity (Wildman–Crippen MR) is 88.6 cm³/mol. The molecule has 4 nitrogen and oxygen atoms in total. The lowest BCUT2D eigenvalue weighted by atomic mass is 9.84. The van der Waals surface area contributed by atoms with Gasteiger partial charge in [-0.25, -0.2) is 0 Å². The second kappa shape index (κ2) is 9.09. The molecule has 3 unspecified atom stereocenters. The lowest BCUT2D eigenvalue weighted by Crippen LogP contribution is -2.52. The van der Waals surface area contributed by atoms with E-state index in [0.717, 1.165) is 32.7 Å². The zero-order valence-corrected chi connectivity index (χ0v) is 14.7. The number of hydrogen-bond donors (Lipinski definition) is 2. The molecule has 0 saturated carbocycles.